The number of thioether (sulfide) groups is 1. The van der Waals surface area contributed by atoms with Crippen molar-refractivity contribution in [2.24, 2.45) is 5.92 Å². The molecule has 2 heterocycles. The molecule has 0 bridgehead atoms. The Hall–Kier alpha value is -1.20. The van der Waals surface area contributed by atoms with Crippen LogP contribution in [0.5, 0.6) is 0 Å². The average Bonchev–Trinajstić information content (AvgIpc) is 2.61. The lowest BCUT2D eigenvalue weighted by molar-refractivity contribution is -0.128. The van der Waals surface area contributed by atoms with Crippen molar-refractivity contribution < 1.29 is 9.53 Å². The largest absolute Gasteiger partial charge is 0.381 e. The number of ether oxygens (including phenoxy) is 1. The Labute approximate surface area is 136 Å². The summed E-state index contributed by atoms with van der Waals surface area (Å²) in [5, 5.41) is 3.06. The van der Waals surface area contributed by atoms with Crippen molar-refractivity contribution in [3.8, 4) is 0 Å². The summed E-state index contributed by atoms with van der Waals surface area (Å²) in [5.41, 5.74) is 2.45. The molecule has 3 rings (SSSR count). The number of rotatable bonds is 4. The predicted molar refractivity (Wildman–Crippen MR) is 91.4 cm³/mol. The van der Waals surface area contributed by atoms with E-state index in [4.69, 9.17) is 4.74 Å². The predicted octanol–water partition coefficient (Wildman–Crippen LogP) is 2.28. The second kappa shape index (κ2) is 7.88. The van der Waals surface area contributed by atoms with Gasteiger partial charge in [0.05, 0.1) is 0 Å². The van der Waals surface area contributed by atoms with Crippen LogP contribution in [0.2, 0.25) is 0 Å². The van der Waals surface area contributed by atoms with E-state index in [1.807, 2.05) is 11.8 Å². The van der Waals surface area contributed by atoms with Gasteiger partial charge >= 0.3 is 0 Å². The molecule has 0 saturated carbocycles. The van der Waals surface area contributed by atoms with Gasteiger partial charge in [0.15, 0.2) is 0 Å². The summed E-state index contributed by atoms with van der Waals surface area (Å²) in [6.07, 6.45) is 1.69. The summed E-state index contributed by atoms with van der Waals surface area (Å²) in [5.74, 6) is 2.71. The monoisotopic (exact) mass is 320 g/mol. The maximum absolute atomic E-state index is 12.1. The van der Waals surface area contributed by atoms with Crippen LogP contribution in [0.3, 0.4) is 0 Å². The lowest BCUT2D eigenvalue weighted by Crippen LogP contribution is -2.34. The van der Waals surface area contributed by atoms with E-state index in [0.29, 0.717) is 19.8 Å². The minimum Gasteiger partial charge on any atom is -0.381 e. The molecule has 0 unspecified atom stereocenters. The first-order valence-electron chi connectivity index (χ1n) is 8.10. The summed E-state index contributed by atoms with van der Waals surface area (Å²) >= 11 is 2.02. The van der Waals surface area contributed by atoms with Gasteiger partial charge in [0.1, 0.15) is 0 Å². The Balaban J connectivity index is 1.49. The summed E-state index contributed by atoms with van der Waals surface area (Å²) in [4.78, 5) is 14.5. The maximum Gasteiger partial charge on any atom is 0.223 e. The summed E-state index contributed by atoms with van der Waals surface area (Å²) in [6.45, 7) is 4.29. The molecule has 120 valence electrons. The third-order valence-corrected chi connectivity index (χ3v) is 5.31. The highest BCUT2D eigenvalue weighted by molar-refractivity contribution is 7.99. The third kappa shape index (κ3) is 4.17. The molecule has 2 saturated heterocycles. The minimum absolute atomic E-state index is 0.124. The summed E-state index contributed by atoms with van der Waals surface area (Å²) < 4.78 is 5.30. The van der Waals surface area contributed by atoms with Crippen LogP contribution in [0.15, 0.2) is 24.3 Å². The highest BCUT2D eigenvalue weighted by Gasteiger charge is 2.21. The van der Waals surface area contributed by atoms with Crippen LogP contribution in [-0.4, -0.2) is 43.7 Å². The van der Waals surface area contributed by atoms with Crippen molar-refractivity contribution in [2.45, 2.75) is 19.4 Å². The Morgan fingerprint density at radius 3 is 2.55 bits per heavy atom. The van der Waals surface area contributed by atoms with Gasteiger partial charge in [0, 0.05) is 56.0 Å². The van der Waals surface area contributed by atoms with Crippen LogP contribution in [0.4, 0.5) is 5.69 Å². The second-order valence-corrected chi connectivity index (χ2v) is 7.10. The first kappa shape index (κ1) is 15.7. The van der Waals surface area contributed by atoms with E-state index in [2.05, 4.69) is 34.5 Å². The number of amides is 1. The van der Waals surface area contributed by atoms with Gasteiger partial charge in [0.25, 0.3) is 0 Å². The second-order valence-electron chi connectivity index (χ2n) is 5.87. The zero-order valence-corrected chi connectivity index (χ0v) is 13.7. The van der Waals surface area contributed by atoms with Crippen molar-refractivity contribution >= 4 is 23.4 Å². The average molecular weight is 320 g/mol. The minimum atomic E-state index is 0.124. The molecule has 2 aliphatic heterocycles. The smallest absolute Gasteiger partial charge is 0.223 e. The lowest BCUT2D eigenvalue weighted by Gasteiger charge is -2.28. The number of carbonyl (C=O) groups is 1. The molecule has 1 aromatic carbocycles. The Bertz CT molecular complexity index is 480. The maximum atomic E-state index is 12.1. The van der Waals surface area contributed by atoms with Gasteiger partial charge in [-0.1, -0.05) is 12.1 Å². The van der Waals surface area contributed by atoms with Crippen molar-refractivity contribution in [1.29, 1.82) is 0 Å². The number of nitrogens with zero attached hydrogens (tertiary/aromatic N) is 1. The topological polar surface area (TPSA) is 41.6 Å². The molecule has 0 spiro atoms. The Morgan fingerprint density at radius 1 is 1.18 bits per heavy atom. The van der Waals surface area contributed by atoms with Gasteiger partial charge in [0.2, 0.25) is 5.91 Å². The molecule has 0 atom stereocenters. The Kier molecular flexibility index (Phi) is 5.62. The van der Waals surface area contributed by atoms with Gasteiger partial charge in [-0.2, -0.15) is 11.8 Å². The molecule has 0 radical (unpaired) electrons. The Morgan fingerprint density at radius 2 is 1.86 bits per heavy atom. The summed E-state index contributed by atoms with van der Waals surface area (Å²) in [7, 11) is 0. The molecular formula is C17H24N2O2S. The number of benzene rings is 1. The van der Waals surface area contributed by atoms with E-state index in [9.17, 15) is 4.79 Å². The summed E-state index contributed by atoms with van der Waals surface area (Å²) in [6, 6.07) is 8.60. The molecule has 2 fully saturated rings. The van der Waals surface area contributed by atoms with E-state index < -0.39 is 0 Å². The van der Waals surface area contributed by atoms with Crippen LogP contribution < -0.4 is 10.2 Å². The first-order chi connectivity index (χ1) is 10.8. The molecule has 0 aliphatic carbocycles. The number of hydrogen-bond acceptors (Lipinski definition) is 4. The third-order valence-electron chi connectivity index (χ3n) is 4.37. The van der Waals surface area contributed by atoms with Gasteiger partial charge in [-0.15, -0.1) is 0 Å². The number of carbonyl (C=O) groups excluding carboxylic acids is 1. The van der Waals surface area contributed by atoms with Gasteiger partial charge in [-0.05, 0) is 30.5 Å². The molecular weight excluding hydrogens is 296 g/mol. The fourth-order valence-electron chi connectivity index (χ4n) is 2.94. The number of anilines is 1. The number of nitrogens with one attached hydrogen (secondary N) is 1. The molecule has 22 heavy (non-hydrogen) atoms. The van der Waals surface area contributed by atoms with E-state index >= 15 is 0 Å². The van der Waals surface area contributed by atoms with Crippen molar-refractivity contribution in [2.75, 3.05) is 42.7 Å². The highest BCUT2D eigenvalue weighted by Crippen LogP contribution is 2.20. The van der Waals surface area contributed by atoms with Crippen molar-refractivity contribution in [3.63, 3.8) is 0 Å². The molecule has 0 aromatic heterocycles. The quantitative estimate of drug-likeness (QED) is 0.924. The molecule has 1 amide bonds. The molecule has 5 heteroatoms. The first-order valence-corrected chi connectivity index (χ1v) is 9.25. The van der Waals surface area contributed by atoms with E-state index in [-0.39, 0.29) is 11.8 Å². The normalized spacial score (nSPS) is 19.9. The SMILES string of the molecule is O=C(NCc1ccc(N2CCSCC2)cc1)C1CCOCC1. The fourth-order valence-corrected chi connectivity index (χ4v) is 3.84. The van der Waals surface area contributed by atoms with Crippen molar-refractivity contribution in [3.05, 3.63) is 29.8 Å². The molecule has 4 nitrogen and oxygen atoms in total. The highest BCUT2D eigenvalue weighted by atomic mass is 32.2. The fraction of sp³-hybridized carbons (Fsp3) is 0.588. The van der Waals surface area contributed by atoms with Gasteiger partial charge in [-0.25, -0.2) is 0 Å². The van der Waals surface area contributed by atoms with Crippen LogP contribution >= 0.6 is 11.8 Å². The molecule has 1 N–H and O–H groups in total. The van der Waals surface area contributed by atoms with Crippen LogP contribution in [0.1, 0.15) is 18.4 Å². The van der Waals surface area contributed by atoms with E-state index in [0.717, 1.165) is 31.5 Å². The van der Waals surface area contributed by atoms with Gasteiger partial charge in [-0.3, -0.25) is 4.79 Å². The van der Waals surface area contributed by atoms with E-state index in [1.165, 1.54) is 17.2 Å². The zero-order chi connectivity index (χ0) is 15.2. The lowest BCUT2D eigenvalue weighted by atomic mass is 9.99. The number of hydrogen-bond donors (Lipinski definition) is 1. The molecule has 1 aromatic rings. The van der Waals surface area contributed by atoms with Gasteiger partial charge < -0.3 is 15.0 Å². The zero-order valence-electron chi connectivity index (χ0n) is 12.9. The standard InChI is InChI=1S/C17H24N2O2S/c20-17(15-5-9-21-10-6-15)18-13-14-1-3-16(4-2-14)19-7-11-22-12-8-19/h1-4,15H,5-13H2,(H,18,20). The van der Waals surface area contributed by atoms with E-state index in [1.54, 1.807) is 0 Å². The van der Waals surface area contributed by atoms with Crippen LogP contribution in [0, 0.1) is 5.92 Å². The van der Waals surface area contributed by atoms with Crippen LogP contribution in [-0.2, 0) is 16.1 Å². The van der Waals surface area contributed by atoms with Crippen molar-refractivity contribution in [1.82, 2.24) is 5.32 Å². The van der Waals surface area contributed by atoms with Crippen LogP contribution in [0.25, 0.3) is 0 Å². The molecule has 2 aliphatic rings.